The first-order valence-corrected chi connectivity index (χ1v) is 7.25. The zero-order valence-corrected chi connectivity index (χ0v) is 12.6. The number of rotatable bonds is 7. The average molecular weight is 286 g/mol. The Kier molecular flexibility index (Phi) is 5.51. The second-order valence-corrected chi connectivity index (χ2v) is 5.06. The molecule has 1 heterocycles. The minimum absolute atomic E-state index is 0.0468. The van der Waals surface area contributed by atoms with Gasteiger partial charge in [0.2, 0.25) is 5.91 Å². The SMILES string of the molecule is CCNCCc1cn(CC(=O)Nc2ccc(C)cc2)cn1. The molecular formula is C16H22N4O. The summed E-state index contributed by atoms with van der Waals surface area (Å²) in [5.74, 6) is -0.0468. The van der Waals surface area contributed by atoms with Crippen molar-refractivity contribution in [3.05, 3.63) is 48.0 Å². The summed E-state index contributed by atoms with van der Waals surface area (Å²) in [6.45, 7) is 6.24. The zero-order valence-electron chi connectivity index (χ0n) is 12.6. The molecule has 0 aliphatic carbocycles. The molecule has 0 aliphatic heterocycles. The van der Waals surface area contributed by atoms with Crippen molar-refractivity contribution in [2.75, 3.05) is 18.4 Å². The number of carbonyl (C=O) groups is 1. The molecule has 2 aromatic rings. The van der Waals surface area contributed by atoms with Gasteiger partial charge in [-0.2, -0.15) is 0 Å². The second-order valence-electron chi connectivity index (χ2n) is 5.06. The molecule has 21 heavy (non-hydrogen) atoms. The van der Waals surface area contributed by atoms with Crippen LogP contribution in [0.2, 0.25) is 0 Å². The van der Waals surface area contributed by atoms with Crippen molar-refractivity contribution in [2.45, 2.75) is 26.8 Å². The fourth-order valence-corrected chi connectivity index (χ4v) is 2.02. The summed E-state index contributed by atoms with van der Waals surface area (Å²) in [7, 11) is 0. The first-order valence-electron chi connectivity index (χ1n) is 7.25. The molecular weight excluding hydrogens is 264 g/mol. The zero-order chi connectivity index (χ0) is 15.1. The van der Waals surface area contributed by atoms with E-state index in [0.29, 0.717) is 0 Å². The summed E-state index contributed by atoms with van der Waals surface area (Å²) in [6, 6.07) is 7.77. The number of aryl methyl sites for hydroxylation is 1. The maximum absolute atomic E-state index is 12.0. The van der Waals surface area contributed by atoms with Crippen LogP contribution < -0.4 is 10.6 Å². The van der Waals surface area contributed by atoms with E-state index in [1.54, 1.807) is 6.33 Å². The number of anilines is 1. The van der Waals surface area contributed by atoms with Crippen LogP contribution in [-0.2, 0) is 17.8 Å². The van der Waals surface area contributed by atoms with Crippen LogP contribution >= 0.6 is 0 Å². The van der Waals surface area contributed by atoms with Crippen molar-refractivity contribution in [1.82, 2.24) is 14.9 Å². The van der Waals surface area contributed by atoms with E-state index in [0.717, 1.165) is 30.9 Å². The number of imidazole rings is 1. The van der Waals surface area contributed by atoms with Gasteiger partial charge in [-0.1, -0.05) is 24.6 Å². The quantitative estimate of drug-likeness (QED) is 0.765. The van der Waals surface area contributed by atoms with E-state index in [2.05, 4.69) is 22.5 Å². The number of likely N-dealkylation sites (N-methyl/N-ethyl adjacent to an activating group) is 1. The third-order valence-corrected chi connectivity index (χ3v) is 3.16. The monoisotopic (exact) mass is 286 g/mol. The molecule has 1 amide bonds. The normalized spacial score (nSPS) is 10.6. The lowest BCUT2D eigenvalue weighted by Crippen LogP contribution is -2.18. The van der Waals surface area contributed by atoms with Gasteiger partial charge in [0.15, 0.2) is 0 Å². The summed E-state index contributed by atoms with van der Waals surface area (Å²) in [5, 5.41) is 6.13. The number of carbonyl (C=O) groups excluding carboxylic acids is 1. The molecule has 1 aromatic heterocycles. The molecule has 0 fully saturated rings. The Morgan fingerprint density at radius 1 is 1.29 bits per heavy atom. The smallest absolute Gasteiger partial charge is 0.244 e. The van der Waals surface area contributed by atoms with Crippen LogP contribution in [0.15, 0.2) is 36.8 Å². The van der Waals surface area contributed by atoms with Crippen molar-refractivity contribution in [1.29, 1.82) is 0 Å². The third-order valence-electron chi connectivity index (χ3n) is 3.16. The number of aromatic nitrogens is 2. The average Bonchev–Trinajstić information content (AvgIpc) is 2.89. The van der Waals surface area contributed by atoms with Crippen LogP contribution in [0.4, 0.5) is 5.69 Å². The van der Waals surface area contributed by atoms with Crippen LogP contribution in [0.3, 0.4) is 0 Å². The second kappa shape index (κ2) is 7.59. The summed E-state index contributed by atoms with van der Waals surface area (Å²) < 4.78 is 1.81. The maximum Gasteiger partial charge on any atom is 0.244 e. The summed E-state index contributed by atoms with van der Waals surface area (Å²) in [5.41, 5.74) is 2.99. The van der Waals surface area contributed by atoms with E-state index in [-0.39, 0.29) is 12.5 Å². The van der Waals surface area contributed by atoms with Gasteiger partial charge < -0.3 is 15.2 Å². The molecule has 2 rings (SSSR count). The van der Waals surface area contributed by atoms with Crippen molar-refractivity contribution < 1.29 is 4.79 Å². The Hall–Kier alpha value is -2.14. The summed E-state index contributed by atoms with van der Waals surface area (Å²) in [6.07, 6.45) is 4.50. The number of nitrogens with zero attached hydrogens (tertiary/aromatic N) is 2. The largest absolute Gasteiger partial charge is 0.328 e. The molecule has 0 atom stereocenters. The highest BCUT2D eigenvalue weighted by atomic mass is 16.1. The van der Waals surface area contributed by atoms with E-state index in [1.807, 2.05) is 42.0 Å². The Morgan fingerprint density at radius 2 is 2.05 bits per heavy atom. The fourth-order valence-electron chi connectivity index (χ4n) is 2.02. The lowest BCUT2D eigenvalue weighted by molar-refractivity contribution is -0.116. The molecule has 0 saturated carbocycles. The lowest BCUT2D eigenvalue weighted by Gasteiger charge is -2.06. The topological polar surface area (TPSA) is 59.0 Å². The number of hydrogen-bond donors (Lipinski definition) is 2. The molecule has 112 valence electrons. The molecule has 0 bridgehead atoms. The molecule has 5 nitrogen and oxygen atoms in total. The van der Waals surface area contributed by atoms with Gasteiger partial charge in [0.1, 0.15) is 6.54 Å². The number of benzene rings is 1. The maximum atomic E-state index is 12.0. The van der Waals surface area contributed by atoms with E-state index in [4.69, 9.17) is 0 Å². The van der Waals surface area contributed by atoms with Gasteiger partial charge in [0.25, 0.3) is 0 Å². The van der Waals surface area contributed by atoms with Gasteiger partial charge in [0, 0.05) is 24.8 Å². The number of amides is 1. The van der Waals surface area contributed by atoms with Gasteiger partial charge >= 0.3 is 0 Å². The molecule has 1 aromatic carbocycles. The minimum Gasteiger partial charge on any atom is -0.328 e. The molecule has 0 aliphatic rings. The number of hydrogen-bond acceptors (Lipinski definition) is 3. The van der Waals surface area contributed by atoms with E-state index in [1.165, 1.54) is 5.56 Å². The highest BCUT2D eigenvalue weighted by molar-refractivity contribution is 5.90. The van der Waals surface area contributed by atoms with Gasteiger partial charge in [-0.25, -0.2) is 4.98 Å². The summed E-state index contributed by atoms with van der Waals surface area (Å²) in [4.78, 5) is 16.3. The first kappa shape index (κ1) is 15.3. The molecule has 0 spiro atoms. The molecule has 5 heteroatoms. The van der Waals surface area contributed by atoms with E-state index in [9.17, 15) is 4.79 Å². The van der Waals surface area contributed by atoms with Crippen molar-refractivity contribution >= 4 is 11.6 Å². The van der Waals surface area contributed by atoms with Crippen LogP contribution in [0, 0.1) is 6.92 Å². The molecule has 0 saturated heterocycles. The van der Waals surface area contributed by atoms with Crippen LogP contribution in [0.25, 0.3) is 0 Å². The minimum atomic E-state index is -0.0468. The predicted molar refractivity (Wildman–Crippen MR) is 84.3 cm³/mol. The van der Waals surface area contributed by atoms with Crippen LogP contribution in [0.1, 0.15) is 18.2 Å². The Bertz CT molecular complexity index is 574. The summed E-state index contributed by atoms with van der Waals surface area (Å²) >= 11 is 0. The molecule has 2 N–H and O–H groups in total. The standard InChI is InChI=1S/C16H22N4O/c1-3-17-9-8-15-10-20(12-18-15)11-16(21)19-14-6-4-13(2)5-7-14/h4-7,10,12,17H,3,8-9,11H2,1-2H3,(H,19,21). The highest BCUT2D eigenvalue weighted by Gasteiger charge is 2.05. The van der Waals surface area contributed by atoms with Crippen LogP contribution in [0.5, 0.6) is 0 Å². The fraction of sp³-hybridized carbons (Fsp3) is 0.375. The Labute approximate surface area is 125 Å². The van der Waals surface area contributed by atoms with Gasteiger partial charge in [0.05, 0.1) is 12.0 Å². The molecule has 0 radical (unpaired) electrons. The van der Waals surface area contributed by atoms with E-state index >= 15 is 0 Å². The lowest BCUT2D eigenvalue weighted by atomic mass is 10.2. The van der Waals surface area contributed by atoms with Crippen molar-refractivity contribution in [3.63, 3.8) is 0 Å². The van der Waals surface area contributed by atoms with Gasteiger partial charge in [-0.3, -0.25) is 4.79 Å². The highest BCUT2D eigenvalue weighted by Crippen LogP contribution is 2.08. The van der Waals surface area contributed by atoms with E-state index < -0.39 is 0 Å². The molecule has 0 unspecified atom stereocenters. The van der Waals surface area contributed by atoms with Crippen LogP contribution in [-0.4, -0.2) is 28.5 Å². The van der Waals surface area contributed by atoms with Gasteiger partial charge in [-0.15, -0.1) is 0 Å². The Morgan fingerprint density at radius 3 is 2.76 bits per heavy atom. The van der Waals surface area contributed by atoms with Crippen molar-refractivity contribution in [2.24, 2.45) is 0 Å². The first-order chi connectivity index (χ1) is 10.2. The van der Waals surface area contributed by atoms with Gasteiger partial charge in [-0.05, 0) is 25.6 Å². The Balaban J connectivity index is 1.83. The predicted octanol–water partition coefficient (Wildman–Crippen LogP) is 1.98. The van der Waals surface area contributed by atoms with Crippen molar-refractivity contribution in [3.8, 4) is 0 Å². The number of nitrogens with one attached hydrogen (secondary N) is 2. The third kappa shape index (κ3) is 5.04.